The van der Waals surface area contributed by atoms with Gasteiger partial charge in [-0.15, -0.1) is 0 Å². The van der Waals surface area contributed by atoms with Gasteiger partial charge in [-0.2, -0.15) is 0 Å². The molecule has 4 heteroatoms. The van der Waals surface area contributed by atoms with Gasteiger partial charge in [-0.05, 0) is 36.2 Å². The van der Waals surface area contributed by atoms with Crippen LogP contribution in [0, 0.1) is 0 Å². The zero-order chi connectivity index (χ0) is 14.5. The Hall–Kier alpha value is -1.52. The maximum atomic E-state index is 5.97. The summed E-state index contributed by atoms with van der Waals surface area (Å²) < 4.78 is 12.3. The lowest BCUT2D eigenvalue weighted by atomic mass is 10.1. The third-order valence-electron chi connectivity index (χ3n) is 3.14. The standard InChI is InChI=1S/C16H18BrNO2/c1-3-11-7-8-15(16(9-11)19-2)20-14-6-4-5-13(17)12(14)10-18/h4-9H,3,10,18H2,1-2H3. The summed E-state index contributed by atoms with van der Waals surface area (Å²) in [5.41, 5.74) is 7.93. The molecule has 0 unspecified atom stereocenters. The highest BCUT2D eigenvalue weighted by molar-refractivity contribution is 9.10. The van der Waals surface area contributed by atoms with Crippen LogP contribution in [0.3, 0.4) is 0 Å². The van der Waals surface area contributed by atoms with Crippen LogP contribution in [0.1, 0.15) is 18.1 Å². The molecule has 0 bridgehead atoms. The summed E-state index contributed by atoms with van der Waals surface area (Å²) in [6, 6.07) is 11.7. The first kappa shape index (κ1) is 14.9. The summed E-state index contributed by atoms with van der Waals surface area (Å²) in [4.78, 5) is 0. The van der Waals surface area contributed by atoms with Crippen molar-refractivity contribution in [3.05, 3.63) is 52.0 Å². The maximum absolute atomic E-state index is 5.97. The highest BCUT2D eigenvalue weighted by atomic mass is 79.9. The van der Waals surface area contributed by atoms with Crippen LogP contribution in [-0.4, -0.2) is 7.11 Å². The van der Waals surface area contributed by atoms with Gasteiger partial charge >= 0.3 is 0 Å². The van der Waals surface area contributed by atoms with E-state index in [2.05, 4.69) is 22.9 Å². The lowest BCUT2D eigenvalue weighted by Gasteiger charge is -2.14. The monoisotopic (exact) mass is 335 g/mol. The molecule has 0 aromatic heterocycles. The molecular formula is C16H18BrNO2. The lowest BCUT2D eigenvalue weighted by molar-refractivity contribution is 0.377. The van der Waals surface area contributed by atoms with E-state index >= 15 is 0 Å². The molecule has 0 aliphatic rings. The number of ether oxygens (including phenoxy) is 2. The van der Waals surface area contributed by atoms with Gasteiger partial charge in [-0.3, -0.25) is 0 Å². The fourth-order valence-electron chi connectivity index (χ4n) is 1.97. The smallest absolute Gasteiger partial charge is 0.169 e. The highest BCUT2D eigenvalue weighted by Crippen LogP contribution is 2.35. The normalized spacial score (nSPS) is 10.4. The molecule has 0 saturated carbocycles. The summed E-state index contributed by atoms with van der Waals surface area (Å²) >= 11 is 3.49. The van der Waals surface area contributed by atoms with Crippen LogP contribution in [0.15, 0.2) is 40.9 Å². The fraction of sp³-hybridized carbons (Fsp3) is 0.250. The summed E-state index contributed by atoms with van der Waals surface area (Å²) in [6.07, 6.45) is 0.960. The predicted octanol–water partition coefficient (Wildman–Crippen LogP) is 4.27. The summed E-state index contributed by atoms with van der Waals surface area (Å²) in [6.45, 7) is 2.52. The van der Waals surface area contributed by atoms with Crippen LogP contribution in [0.2, 0.25) is 0 Å². The zero-order valence-corrected chi connectivity index (χ0v) is 13.2. The first-order valence-electron chi connectivity index (χ1n) is 6.51. The molecule has 3 nitrogen and oxygen atoms in total. The summed E-state index contributed by atoms with van der Waals surface area (Å²) in [5, 5.41) is 0. The van der Waals surface area contributed by atoms with Crippen molar-refractivity contribution in [1.82, 2.24) is 0 Å². The average molecular weight is 336 g/mol. The Morgan fingerprint density at radius 3 is 2.55 bits per heavy atom. The van der Waals surface area contributed by atoms with Crippen molar-refractivity contribution >= 4 is 15.9 Å². The van der Waals surface area contributed by atoms with Gasteiger partial charge in [-0.25, -0.2) is 0 Å². The van der Waals surface area contributed by atoms with Crippen LogP contribution in [0.5, 0.6) is 17.2 Å². The van der Waals surface area contributed by atoms with Gasteiger partial charge in [0.15, 0.2) is 11.5 Å². The molecule has 2 N–H and O–H groups in total. The minimum absolute atomic E-state index is 0.409. The van der Waals surface area contributed by atoms with Crippen LogP contribution >= 0.6 is 15.9 Å². The Kier molecular flexibility index (Phi) is 5.04. The second-order valence-corrected chi connectivity index (χ2v) is 5.22. The molecule has 2 rings (SSSR count). The van der Waals surface area contributed by atoms with E-state index < -0.39 is 0 Å². The first-order valence-corrected chi connectivity index (χ1v) is 7.31. The lowest BCUT2D eigenvalue weighted by Crippen LogP contribution is -2.01. The first-order chi connectivity index (χ1) is 9.69. The van der Waals surface area contributed by atoms with Gasteiger partial charge in [0, 0.05) is 16.6 Å². The Bertz CT molecular complexity index is 599. The number of hydrogen-bond donors (Lipinski definition) is 1. The molecule has 106 valence electrons. The van der Waals surface area contributed by atoms with E-state index in [4.69, 9.17) is 15.2 Å². The second-order valence-electron chi connectivity index (χ2n) is 4.36. The van der Waals surface area contributed by atoms with E-state index in [-0.39, 0.29) is 0 Å². The number of nitrogens with two attached hydrogens (primary N) is 1. The number of methoxy groups -OCH3 is 1. The maximum Gasteiger partial charge on any atom is 0.169 e. The van der Waals surface area contributed by atoms with Crippen LogP contribution in [0.4, 0.5) is 0 Å². The van der Waals surface area contributed by atoms with Crippen molar-refractivity contribution in [2.75, 3.05) is 7.11 Å². The molecule has 2 aromatic rings. The van der Waals surface area contributed by atoms with Crippen molar-refractivity contribution in [2.24, 2.45) is 5.73 Å². The molecule has 20 heavy (non-hydrogen) atoms. The predicted molar refractivity (Wildman–Crippen MR) is 84.5 cm³/mol. The third-order valence-corrected chi connectivity index (χ3v) is 3.88. The van der Waals surface area contributed by atoms with Crippen molar-refractivity contribution in [3.63, 3.8) is 0 Å². The van der Waals surface area contributed by atoms with Crippen molar-refractivity contribution in [2.45, 2.75) is 19.9 Å². The van der Waals surface area contributed by atoms with Crippen LogP contribution < -0.4 is 15.2 Å². The minimum atomic E-state index is 0.409. The van der Waals surface area contributed by atoms with E-state index in [1.54, 1.807) is 7.11 Å². The zero-order valence-electron chi connectivity index (χ0n) is 11.7. The molecular weight excluding hydrogens is 318 g/mol. The van der Waals surface area contributed by atoms with Crippen molar-refractivity contribution in [3.8, 4) is 17.2 Å². The average Bonchev–Trinajstić information content (AvgIpc) is 2.48. The third kappa shape index (κ3) is 3.14. The van der Waals surface area contributed by atoms with Gasteiger partial charge in [-0.1, -0.05) is 35.0 Å². The van der Waals surface area contributed by atoms with Gasteiger partial charge in [0.25, 0.3) is 0 Å². The molecule has 0 atom stereocenters. The molecule has 0 spiro atoms. The van der Waals surface area contributed by atoms with Crippen LogP contribution in [-0.2, 0) is 13.0 Å². The van der Waals surface area contributed by atoms with Crippen LogP contribution in [0.25, 0.3) is 0 Å². The minimum Gasteiger partial charge on any atom is -0.493 e. The summed E-state index contributed by atoms with van der Waals surface area (Å²) in [5.74, 6) is 2.16. The molecule has 0 fully saturated rings. The second kappa shape index (κ2) is 6.77. The Morgan fingerprint density at radius 1 is 1.10 bits per heavy atom. The van der Waals surface area contributed by atoms with E-state index in [9.17, 15) is 0 Å². The quantitative estimate of drug-likeness (QED) is 0.887. The van der Waals surface area contributed by atoms with Gasteiger partial charge in [0.1, 0.15) is 5.75 Å². The Balaban J connectivity index is 2.37. The topological polar surface area (TPSA) is 44.5 Å². The van der Waals surface area contributed by atoms with E-state index in [1.807, 2.05) is 36.4 Å². The molecule has 0 saturated heterocycles. The fourth-order valence-corrected chi connectivity index (χ4v) is 2.48. The number of benzene rings is 2. The molecule has 0 amide bonds. The number of aryl methyl sites for hydroxylation is 1. The Labute approximate surface area is 127 Å². The molecule has 0 radical (unpaired) electrons. The highest BCUT2D eigenvalue weighted by Gasteiger charge is 2.11. The van der Waals surface area contributed by atoms with Crippen molar-refractivity contribution < 1.29 is 9.47 Å². The van der Waals surface area contributed by atoms with E-state index in [1.165, 1.54) is 5.56 Å². The van der Waals surface area contributed by atoms with E-state index in [0.29, 0.717) is 12.3 Å². The van der Waals surface area contributed by atoms with Crippen molar-refractivity contribution in [1.29, 1.82) is 0 Å². The largest absolute Gasteiger partial charge is 0.493 e. The van der Waals surface area contributed by atoms with E-state index in [0.717, 1.165) is 28.0 Å². The number of hydrogen-bond acceptors (Lipinski definition) is 3. The van der Waals surface area contributed by atoms with Gasteiger partial charge < -0.3 is 15.2 Å². The molecule has 0 aliphatic heterocycles. The SMILES string of the molecule is CCc1ccc(Oc2cccc(Br)c2CN)c(OC)c1. The molecule has 0 aliphatic carbocycles. The number of halogens is 1. The Morgan fingerprint density at radius 2 is 1.90 bits per heavy atom. The van der Waals surface area contributed by atoms with Gasteiger partial charge in [0.05, 0.1) is 7.11 Å². The van der Waals surface area contributed by atoms with Gasteiger partial charge in [0.2, 0.25) is 0 Å². The molecule has 0 heterocycles. The molecule has 2 aromatic carbocycles. The number of rotatable bonds is 5. The summed E-state index contributed by atoms with van der Waals surface area (Å²) in [7, 11) is 1.65.